The number of hydrogen-bond acceptors (Lipinski definition) is 4. The van der Waals surface area contributed by atoms with Crippen LogP contribution < -0.4 is 9.46 Å². The summed E-state index contributed by atoms with van der Waals surface area (Å²) in [6, 6.07) is 12.4. The van der Waals surface area contributed by atoms with Crippen LogP contribution >= 0.6 is 0 Å². The number of ether oxygens (including phenoxy) is 1. The summed E-state index contributed by atoms with van der Waals surface area (Å²) in [7, 11) is -0.765. The van der Waals surface area contributed by atoms with Crippen LogP contribution in [-0.4, -0.2) is 25.3 Å². The Hall–Kier alpha value is -2.87. The average Bonchev–Trinajstić information content (AvgIpc) is 2.95. The summed E-state index contributed by atoms with van der Waals surface area (Å²) in [5.41, 5.74) is 0.945. The molecule has 0 fully saturated rings. The maximum Gasteiger partial charge on any atom is 0.263 e. The van der Waals surface area contributed by atoms with Crippen LogP contribution in [0.5, 0.6) is 5.75 Å². The van der Waals surface area contributed by atoms with E-state index in [2.05, 4.69) is 9.82 Å². The van der Waals surface area contributed by atoms with E-state index in [9.17, 15) is 12.8 Å². The van der Waals surface area contributed by atoms with Crippen molar-refractivity contribution in [3.63, 3.8) is 0 Å². The molecule has 0 saturated heterocycles. The molecule has 0 aliphatic carbocycles. The molecule has 1 N–H and O–H groups in total. The van der Waals surface area contributed by atoms with Gasteiger partial charge in [0, 0.05) is 18.8 Å². The highest BCUT2D eigenvalue weighted by Crippen LogP contribution is 2.31. The summed E-state index contributed by atoms with van der Waals surface area (Å²) in [5, 5.41) is 4.14. The average molecular weight is 361 g/mol. The number of nitrogens with one attached hydrogen (secondary N) is 1. The molecule has 0 aliphatic heterocycles. The molecule has 0 atom stereocenters. The topological polar surface area (TPSA) is 73.2 Å². The molecule has 0 amide bonds. The van der Waals surface area contributed by atoms with Gasteiger partial charge in [0.05, 0.1) is 12.0 Å². The van der Waals surface area contributed by atoms with Crippen LogP contribution in [0.3, 0.4) is 0 Å². The van der Waals surface area contributed by atoms with Gasteiger partial charge in [-0.1, -0.05) is 24.3 Å². The number of sulfonamides is 1. The molecule has 25 heavy (non-hydrogen) atoms. The molecule has 0 spiro atoms. The number of nitrogens with zero attached hydrogens (tertiary/aromatic N) is 2. The first-order chi connectivity index (χ1) is 11.9. The fourth-order valence-corrected chi connectivity index (χ4v) is 3.43. The Morgan fingerprint density at radius 3 is 2.52 bits per heavy atom. The predicted octanol–water partition coefficient (Wildman–Crippen LogP) is 3.04. The summed E-state index contributed by atoms with van der Waals surface area (Å²) in [4.78, 5) is 0.118. The van der Waals surface area contributed by atoms with E-state index in [-0.39, 0.29) is 16.5 Å². The summed E-state index contributed by atoms with van der Waals surface area (Å²) in [6.45, 7) is 0. The molecule has 0 bridgehead atoms. The van der Waals surface area contributed by atoms with Gasteiger partial charge in [-0.15, -0.1) is 0 Å². The monoisotopic (exact) mass is 361 g/mol. The minimum absolute atomic E-state index is 0.110. The van der Waals surface area contributed by atoms with Crippen LogP contribution in [0.1, 0.15) is 0 Å². The van der Waals surface area contributed by atoms with E-state index in [1.807, 2.05) is 0 Å². The fraction of sp³-hybridized carbons (Fsp3) is 0.118. The van der Waals surface area contributed by atoms with Crippen LogP contribution in [0.4, 0.5) is 10.2 Å². The quantitative estimate of drug-likeness (QED) is 0.758. The molecule has 0 unspecified atom stereocenters. The van der Waals surface area contributed by atoms with Gasteiger partial charge in [0.2, 0.25) is 0 Å². The van der Waals surface area contributed by atoms with Crippen molar-refractivity contribution in [2.45, 2.75) is 4.90 Å². The van der Waals surface area contributed by atoms with Gasteiger partial charge in [-0.05, 0) is 29.8 Å². The molecule has 6 nitrogen and oxygen atoms in total. The minimum atomic E-state index is -3.80. The van der Waals surface area contributed by atoms with Gasteiger partial charge in [-0.25, -0.2) is 12.8 Å². The molecular formula is C17H16FN3O3S. The number of aryl methyl sites for hydroxylation is 1. The molecular weight excluding hydrogens is 345 g/mol. The lowest BCUT2D eigenvalue weighted by atomic mass is 10.1. The van der Waals surface area contributed by atoms with E-state index in [4.69, 9.17) is 4.74 Å². The first-order valence-corrected chi connectivity index (χ1v) is 8.84. The van der Waals surface area contributed by atoms with E-state index in [1.54, 1.807) is 37.5 Å². The second-order valence-corrected chi connectivity index (χ2v) is 7.02. The standard InChI is InChI=1S/C17H16FN3O3S/c1-21-11-14(12-8-9-16(24-2)15(18)10-12)17(19-21)20-25(22,23)13-6-4-3-5-7-13/h3-11H,1-2H3,(H,19,20). The lowest BCUT2D eigenvalue weighted by Crippen LogP contribution is -2.14. The van der Waals surface area contributed by atoms with Crippen molar-refractivity contribution in [3.8, 4) is 16.9 Å². The Labute approximate surface area is 144 Å². The second-order valence-electron chi connectivity index (χ2n) is 5.33. The molecule has 130 valence electrons. The van der Waals surface area contributed by atoms with Crippen LogP contribution in [0.2, 0.25) is 0 Å². The number of hydrogen-bond donors (Lipinski definition) is 1. The molecule has 1 heterocycles. The number of anilines is 1. The molecule has 3 rings (SSSR count). The van der Waals surface area contributed by atoms with Crippen molar-refractivity contribution >= 4 is 15.8 Å². The Morgan fingerprint density at radius 2 is 1.88 bits per heavy atom. The number of methoxy groups -OCH3 is 1. The lowest BCUT2D eigenvalue weighted by Gasteiger charge is -2.08. The second kappa shape index (κ2) is 6.56. The van der Waals surface area contributed by atoms with Crippen molar-refractivity contribution in [1.82, 2.24) is 9.78 Å². The number of rotatable bonds is 5. The SMILES string of the molecule is COc1ccc(-c2cn(C)nc2NS(=O)(=O)c2ccccc2)cc1F. The van der Waals surface area contributed by atoms with Crippen LogP contribution in [0.15, 0.2) is 59.6 Å². The Bertz CT molecular complexity index is 1000. The highest BCUT2D eigenvalue weighted by molar-refractivity contribution is 7.92. The maximum absolute atomic E-state index is 14.0. The zero-order chi connectivity index (χ0) is 18.0. The molecule has 8 heteroatoms. The zero-order valence-electron chi connectivity index (χ0n) is 13.6. The van der Waals surface area contributed by atoms with Crippen LogP contribution in [0.25, 0.3) is 11.1 Å². The molecule has 0 radical (unpaired) electrons. The van der Waals surface area contributed by atoms with Crippen molar-refractivity contribution in [2.75, 3.05) is 11.8 Å². The molecule has 2 aromatic carbocycles. The Balaban J connectivity index is 2.01. The highest BCUT2D eigenvalue weighted by atomic mass is 32.2. The van der Waals surface area contributed by atoms with Gasteiger partial charge in [-0.3, -0.25) is 9.40 Å². The van der Waals surface area contributed by atoms with Gasteiger partial charge in [0.25, 0.3) is 10.0 Å². The number of aromatic nitrogens is 2. The number of benzene rings is 2. The molecule has 1 aromatic heterocycles. The Kier molecular flexibility index (Phi) is 4.45. The van der Waals surface area contributed by atoms with Crippen molar-refractivity contribution in [1.29, 1.82) is 0 Å². The van der Waals surface area contributed by atoms with Crippen LogP contribution in [-0.2, 0) is 17.1 Å². The summed E-state index contributed by atoms with van der Waals surface area (Å²) in [5.74, 6) is -0.310. The van der Waals surface area contributed by atoms with E-state index in [1.165, 1.54) is 36.1 Å². The normalized spacial score (nSPS) is 11.3. The predicted molar refractivity (Wildman–Crippen MR) is 92.4 cm³/mol. The first kappa shape index (κ1) is 17.0. The first-order valence-electron chi connectivity index (χ1n) is 7.36. The smallest absolute Gasteiger partial charge is 0.263 e. The minimum Gasteiger partial charge on any atom is -0.494 e. The zero-order valence-corrected chi connectivity index (χ0v) is 14.4. The molecule has 0 aliphatic rings. The summed E-state index contributed by atoms with van der Waals surface area (Å²) >= 11 is 0. The van der Waals surface area contributed by atoms with Gasteiger partial charge in [0.15, 0.2) is 17.4 Å². The van der Waals surface area contributed by atoms with Crippen molar-refractivity contribution in [3.05, 3.63) is 60.5 Å². The van der Waals surface area contributed by atoms with Gasteiger partial charge in [0.1, 0.15) is 0 Å². The third kappa shape index (κ3) is 3.48. The van der Waals surface area contributed by atoms with Crippen LogP contribution in [0, 0.1) is 5.82 Å². The fourth-order valence-electron chi connectivity index (χ4n) is 2.39. The van der Waals surface area contributed by atoms with Gasteiger partial charge >= 0.3 is 0 Å². The van der Waals surface area contributed by atoms with E-state index >= 15 is 0 Å². The third-order valence-corrected chi connectivity index (χ3v) is 4.93. The van der Waals surface area contributed by atoms with E-state index in [0.29, 0.717) is 11.1 Å². The summed E-state index contributed by atoms with van der Waals surface area (Å²) in [6.07, 6.45) is 1.62. The van der Waals surface area contributed by atoms with Crippen molar-refractivity contribution in [2.24, 2.45) is 7.05 Å². The number of halogens is 1. The summed E-state index contributed by atoms with van der Waals surface area (Å²) < 4.78 is 47.8. The molecule has 0 saturated carbocycles. The molecule has 3 aromatic rings. The van der Waals surface area contributed by atoms with E-state index < -0.39 is 15.8 Å². The lowest BCUT2D eigenvalue weighted by molar-refractivity contribution is 0.386. The highest BCUT2D eigenvalue weighted by Gasteiger charge is 2.19. The van der Waals surface area contributed by atoms with Gasteiger partial charge < -0.3 is 4.74 Å². The van der Waals surface area contributed by atoms with E-state index in [0.717, 1.165) is 0 Å². The van der Waals surface area contributed by atoms with Gasteiger partial charge in [-0.2, -0.15) is 5.10 Å². The maximum atomic E-state index is 14.0. The third-order valence-electron chi connectivity index (χ3n) is 3.58. The van der Waals surface area contributed by atoms with Crippen molar-refractivity contribution < 1.29 is 17.5 Å². The Morgan fingerprint density at radius 1 is 1.16 bits per heavy atom. The largest absolute Gasteiger partial charge is 0.494 e.